The highest BCUT2D eigenvalue weighted by molar-refractivity contribution is 7.91. The molecule has 3 atom stereocenters. The average Bonchev–Trinajstić information content (AvgIpc) is 3.12. The molecule has 3 aliphatic rings. The summed E-state index contributed by atoms with van der Waals surface area (Å²) in [6.45, 7) is 7.21. The Labute approximate surface area is 153 Å². The van der Waals surface area contributed by atoms with Crippen LogP contribution >= 0.6 is 0 Å². The predicted octanol–water partition coefficient (Wildman–Crippen LogP) is 0.978. The van der Waals surface area contributed by atoms with Gasteiger partial charge in [-0.05, 0) is 51.0 Å². The zero-order chi connectivity index (χ0) is 17.9. The maximum absolute atomic E-state index is 11.8. The lowest BCUT2D eigenvalue weighted by Crippen LogP contribution is -2.64. The maximum Gasteiger partial charge on any atom is 0.150 e. The SMILES string of the molecule is CCN1CC(NCC2CCCO2)NC(C2CCC(S(C)(=O)=O)CC2)C1. The number of likely N-dealkylation sites (N-methyl/N-ethyl adjacent to an activating group) is 1. The zero-order valence-corrected chi connectivity index (χ0v) is 16.6. The Morgan fingerprint density at radius 2 is 1.92 bits per heavy atom. The first-order valence-corrected chi connectivity index (χ1v) is 11.9. The smallest absolute Gasteiger partial charge is 0.150 e. The molecular formula is C18H35N3O3S. The summed E-state index contributed by atoms with van der Waals surface area (Å²) in [7, 11) is -2.88. The van der Waals surface area contributed by atoms with E-state index >= 15 is 0 Å². The van der Waals surface area contributed by atoms with Gasteiger partial charge in [0.25, 0.3) is 0 Å². The summed E-state index contributed by atoms with van der Waals surface area (Å²) in [6.07, 6.45) is 8.08. The predicted molar refractivity (Wildman–Crippen MR) is 100 cm³/mol. The molecule has 1 aliphatic carbocycles. The van der Waals surface area contributed by atoms with Crippen LogP contribution in [0.25, 0.3) is 0 Å². The molecule has 3 rings (SSSR count). The van der Waals surface area contributed by atoms with Crippen LogP contribution in [-0.2, 0) is 14.6 Å². The van der Waals surface area contributed by atoms with E-state index in [9.17, 15) is 8.42 Å². The van der Waals surface area contributed by atoms with E-state index in [-0.39, 0.29) is 5.25 Å². The van der Waals surface area contributed by atoms with Crippen LogP contribution < -0.4 is 10.6 Å². The molecule has 0 radical (unpaired) electrons. The Morgan fingerprint density at radius 3 is 2.52 bits per heavy atom. The highest BCUT2D eigenvalue weighted by Crippen LogP contribution is 2.31. The van der Waals surface area contributed by atoms with E-state index in [1.54, 1.807) is 0 Å². The minimum Gasteiger partial charge on any atom is -0.377 e. The summed E-state index contributed by atoms with van der Waals surface area (Å²) in [4.78, 5) is 2.51. The molecule has 3 unspecified atom stereocenters. The van der Waals surface area contributed by atoms with Gasteiger partial charge in [-0.2, -0.15) is 0 Å². The second-order valence-electron chi connectivity index (χ2n) is 8.09. The van der Waals surface area contributed by atoms with Crippen molar-refractivity contribution < 1.29 is 13.2 Å². The first kappa shape index (κ1) is 19.5. The van der Waals surface area contributed by atoms with Crippen molar-refractivity contribution in [2.45, 2.75) is 69.0 Å². The van der Waals surface area contributed by atoms with Crippen LogP contribution in [0.3, 0.4) is 0 Å². The molecule has 146 valence electrons. The van der Waals surface area contributed by atoms with Crippen molar-refractivity contribution in [3.05, 3.63) is 0 Å². The molecule has 7 heteroatoms. The largest absolute Gasteiger partial charge is 0.377 e. The number of piperazine rings is 1. The van der Waals surface area contributed by atoms with Crippen LogP contribution in [-0.4, -0.2) is 75.9 Å². The van der Waals surface area contributed by atoms with E-state index in [4.69, 9.17) is 4.74 Å². The van der Waals surface area contributed by atoms with Crippen molar-refractivity contribution in [1.82, 2.24) is 15.5 Å². The van der Waals surface area contributed by atoms with Gasteiger partial charge in [0.05, 0.1) is 17.5 Å². The zero-order valence-electron chi connectivity index (χ0n) is 15.7. The summed E-state index contributed by atoms with van der Waals surface area (Å²) >= 11 is 0. The lowest BCUT2D eigenvalue weighted by molar-refractivity contribution is 0.0810. The molecule has 2 N–H and O–H groups in total. The van der Waals surface area contributed by atoms with Crippen LogP contribution in [0.2, 0.25) is 0 Å². The van der Waals surface area contributed by atoms with Crippen LogP contribution in [0, 0.1) is 5.92 Å². The Kier molecular flexibility index (Phi) is 6.77. The van der Waals surface area contributed by atoms with Crippen LogP contribution in [0.1, 0.15) is 45.4 Å². The van der Waals surface area contributed by atoms with Crippen LogP contribution in [0.5, 0.6) is 0 Å². The van der Waals surface area contributed by atoms with Crippen molar-refractivity contribution >= 4 is 9.84 Å². The van der Waals surface area contributed by atoms with E-state index in [0.29, 0.717) is 24.2 Å². The quantitative estimate of drug-likeness (QED) is 0.723. The first-order chi connectivity index (χ1) is 12.0. The van der Waals surface area contributed by atoms with Gasteiger partial charge in [0, 0.05) is 38.5 Å². The normalized spacial score (nSPS) is 38.1. The van der Waals surface area contributed by atoms with Crippen LogP contribution in [0.4, 0.5) is 0 Å². The fourth-order valence-corrected chi connectivity index (χ4v) is 5.77. The molecule has 0 spiro atoms. The molecule has 0 aromatic heterocycles. The molecular weight excluding hydrogens is 338 g/mol. The van der Waals surface area contributed by atoms with E-state index < -0.39 is 9.84 Å². The highest BCUT2D eigenvalue weighted by atomic mass is 32.2. The van der Waals surface area contributed by atoms with Gasteiger partial charge in [0.2, 0.25) is 0 Å². The van der Waals surface area contributed by atoms with Crippen molar-refractivity contribution in [3.8, 4) is 0 Å². The van der Waals surface area contributed by atoms with Gasteiger partial charge < -0.3 is 4.74 Å². The lowest BCUT2D eigenvalue weighted by atomic mass is 9.82. The van der Waals surface area contributed by atoms with E-state index in [0.717, 1.165) is 64.9 Å². The molecule has 0 amide bonds. The number of hydrogen-bond donors (Lipinski definition) is 2. The number of rotatable bonds is 6. The van der Waals surface area contributed by atoms with E-state index in [1.165, 1.54) is 12.7 Å². The van der Waals surface area contributed by atoms with Gasteiger partial charge in [0.1, 0.15) is 9.84 Å². The van der Waals surface area contributed by atoms with Crippen molar-refractivity contribution in [3.63, 3.8) is 0 Å². The number of nitrogens with one attached hydrogen (secondary N) is 2. The Morgan fingerprint density at radius 1 is 1.16 bits per heavy atom. The number of hydrogen-bond acceptors (Lipinski definition) is 6. The molecule has 0 aromatic rings. The first-order valence-electron chi connectivity index (χ1n) is 9.98. The number of ether oxygens (including phenoxy) is 1. The van der Waals surface area contributed by atoms with Gasteiger partial charge in [-0.25, -0.2) is 8.42 Å². The minimum atomic E-state index is -2.88. The van der Waals surface area contributed by atoms with E-state index in [1.807, 2.05) is 0 Å². The fraction of sp³-hybridized carbons (Fsp3) is 1.00. The van der Waals surface area contributed by atoms with Crippen molar-refractivity contribution in [1.29, 1.82) is 0 Å². The summed E-state index contributed by atoms with van der Waals surface area (Å²) in [5.41, 5.74) is 0. The summed E-state index contributed by atoms with van der Waals surface area (Å²) in [5, 5.41) is 7.34. The van der Waals surface area contributed by atoms with Gasteiger partial charge in [-0.15, -0.1) is 0 Å². The van der Waals surface area contributed by atoms with Crippen LogP contribution in [0.15, 0.2) is 0 Å². The lowest BCUT2D eigenvalue weighted by Gasteiger charge is -2.44. The Bertz CT molecular complexity index is 514. The van der Waals surface area contributed by atoms with E-state index in [2.05, 4.69) is 22.5 Å². The summed E-state index contributed by atoms with van der Waals surface area (Å²) in [6, 6.07) is 0.455. The molecule has 0 aromatic carbocycles. The molecule has 2 aliphatic heterocycles. The third-order valence-corrected chi connectivity index (χ3v) is 7.95. The Hall–Kier alpha value is -0.210. The highest BCUT2D eigenvalue weighted by Gasteiger charge is 2.35. The molecule has 2 saturated heterocycles. The second kappa shape index (κ2) is 8.65. The average molecular weight is 374 g/mol. The monoisotopic (exact) mass is 373 g/mol. The van der Waals surface area contributed by atoms with Gasteiger partial charge in [-0.3, -0.25) is 15.5 Å². The molecule has 25 heavy (non-hydrogen) atoms. The summed E-state index contributed by atoms with van der Waals surface area (Å²) < 4.78 is 29.3. The molecule has 1 saturated carbocycles. The molecule has 6 nitrogen and oxygen atoms in total. The molecule has 3 fully saturated rings. The maximum atomic E-state index is 11.8. The molecule has 0 bridgehead atoms. The minimum absolute atomic E-state index is 0.122. The van der Waals surface area contributed by atoms with Gasteiger partial charge in [-0.1, -0.05) is 6.92 Å². The van der Waals surface area contributed by atoms with Crippen molar-refractivity contribution in [2.24, 2.45) is 5.92 Å². The third-order valence-electron chi connectivity index (χ3n) is 6.27. The molecule has 2 heterocycles. The number of sulfone groups is 1. The topological polar surface area (TPSA) is 70.7 Å². The fourth-order valence-electron chi connectivity index (χ4n) is 4.64. The summed E-state index contributed by atoms with van der Waals surface area (Å²) in [5.74, 6) is 0.583. The third kappa shape index (κ3) is 5.39. The van der Waals surface area contributed by atoms with Crippen molar-refractivity contribution in [2.75, 3.05) is 39.0 Å². The Balaban J connectivity index is 1.51. The standard InChI is InChI=1S/C18H35N3O3S/c1-3-21-12-17(14-6-8-16(9-7-14)25(2,22)23)20-18(13-21)19-11-15-5-4-10-24-15/h14-20H,3-13H2,1-2H3. The van der Waals surface area contributed by atoms with Gasteiger partial charge >= 0.3 is 0 Å². The van der Waals surface area contributed by atoms with Gasteiger partial charge in [0.15, 0.2) is 0 Å². The second-order valence-corrected chi connectivity index (χ2v) is 10.4. The number of nitrogens with zero attached hydrogens (tertiary/aromatic N) is 1.